The zero-order valence-corrected chi connectivity index (χ0v) is 12.9. The Bertz CT molecular complexity index is 880. The largest absolute Gasteiger partial charge is 0.272 e. The molecule has 24 heavy (non-hydrogen) atoms. The standard InChI is InChI=1S/C18H13N3O3/c1-11-10-16(22)21(19-11)13-8-6-12(7-9-13)20-17(23)14-4-2-3-5-15(14)18(20)24/h2-9H,10H2,1H3. The number of nitrogens with zero attached hydrogens (tertiary/aromatic N) is 3. The summed E-state index contributed by atoms with van der Waals surface area (Å²) in [5.41, 5.74) is 2.64. The van der Waals surface area contributed by atoms with Crippen molar-refractivity contribution in [1.29, 1.82) is 0 Å². The van der Waals surface area contributed by atoms with Gasteiger partial charge in [0.1, 0.15) is 0 Å². The molecule has 6 nitrogen and oxygen atoms in total. The number of fused-ring (bicyclic) bond motifs is 1. The zero-order chi connectivity index (χ0) is 16.8. The maximum absolute atomic E-state index is 12.5. The minimum Gasteiger partial charge on any atom is -0.272 e. The molecular formula is C18H13N3O3. The molecule has 4 rings (SSSR count). The molecule has 0 aromatic heterocycles. The summed E-state index contributed by atoms with van der Waals surface area (Å²) in [7, 11) is 0. The summed E-state index contributed by atoms with van der Waals surface area (Å²) < 4.78 is 0. The number of carbonyl (C=O) groups is 3. The fraction of sp³-hybridized carbons (Fsp3) is 0.111. The molecule has 0 fully saturated rings. The van der Waals surface area contributed by atoms with Crippen LogP contribution in [0, 0.1) is 0 Å². The van der Waals surface area contributed by atoms with Crippen LogP contribution in [0.3, 0.4) is 0 Å². The minimum absolute atomic E-state index is 0.0963. The third kappa shape index (κ3) is 2.04. The molecule has 0 atom stereocenters. The summed E-state index contributed by atoms with van der Waals surface area (Å²) in [6.45, 7) is 1.80. The van der Waals surface area contributed by atoms with Gasteiger partial charge in [-0.2, -0.15) is 5.10 Å². The van der Waals surface area contributed by atoms with E-state index in [-0.39, 0.29) is 17.7 Å². The second kappa shape index (κ2) is 5.13. The SMILES string of the molecule is CC1=NN(c2ccc(N3C(=O)c4ccccc4C3=O)cc2)C(=O)C1. The maximum Gasteiger partial charge on any atom is 0.266 e. The van der Waals surface area contributed by atoms with Gasteiger partial charge in [0, 0.05) is 5.71 Å². The molecule has 2 aliphatic heterocycles. The Balaban J connectivity index is 1.66. The predicted molar refractivity (Wildman–Crippen MR) is 89.2 cm³/mol. The Kier molecular flexibility index (Phi) is 3.06. The van der Waals surface area contributed by atoms with E-state index in [2.05, 4.69) is 5.10 Å². The van der Waals surface area contributed by atoms with E-state index < -0.39 is 0 Å². The van der Waals surface area contributed by atoms with Gasteiger partial charge < -0.3 is 0 Å². The molecule has 0 bridgehead atoms. The van der Waals surface area contributed by atoms with Crippen LogP contribution in [0.4, 0.5) is 11.4 Å². The molecule has 0 unspecified atom stereocenters. The molecule has 118 valence electrons. The van der Waals surface area contributed by atoms with Gasteiger partial charge in [0.15, 0.2) is 0 Å². The number of hydrazone groups is 1. The number of amides is 3. The summed E-state index contributed by atoms with van der Waals surface area (Å²) in [6, 6.07) is 13.4. The summed E-state index contributed by atoms with van der Waals surface area (Å²) in [5, 5.41) is 5.52. The minimum atomic E-state index is -0.338. The third-order valence-corrected chi connectivity index (χ3v) is 4.06. The smallest absolute Gasteiger partial charge is 0.266 e. The molecule has 0 radical (unpaired) electrons. The van der Waals surface area contributed by atoms with E-state index in [9.17, 15) is 14.4 Å². The number of carbonyl (C=O) groups excluding carboxylic acids is 3. The van der Waals surface area contributed by atoms with Crippen molar-refractivity contribution < 1.29 is 14.4 Å². The number of benzene rings is 2. The highest BCUT2D eigenvalue weighted by Crippen LogP contribution is 2.30. The second-order valence-electron chi connectivity index (χ2n) is 5.73. The molecule has 2 aliphatic rings. The Labute approximate surface area is 138 Å². The molecule has 0 saturated heterocycles. The van der Waals surface area contributed by atoms with Crippen molar-refractivity contribution in [3.05, 3.63) is 59.7 Å². The van der Waals surface area contributed by atoms with Crippen LogP contribution in [0.5, 0.6) is 0 Å². The summed E-state index contributed by atoms with van der Waals surface area (Å²) in [4.78, 5) is 37.9. The van der Waals surface area contributed by atoms with Gasteiger partial charge in [0.2, 0.25) is 0 Å². The first-order valence-electron chi connectivity index (χ1n) is 7.51. The lowest BCUT2D eigenvalue weighted by Crippen LogP contribution is -2.29. The van der Waals surface area contributed by atoms with E-state index >= 15 is 0 Å². The van der Waals surface area contributed by atoms with Crippen LogP contribution in [-0.4, -0.2) is 23.4 Å². The Morgan fingerprint density at radius 1 is 0.833 bits per heavy atom. The first kappa shape index (κ1) is 14.3. The first-order valence-corrected chi connectivity index (χ1v) is 7.51. The van der Waals surface area contributed by atoms with Gasteiger partial charge in [0.05, 0.1) is 28.9 Å². The number of anilines is 2. The molecule has 2 heterocycles. The fourth-order valence-electron chi connectivity index (χ4n) is 2.92. The molecule has 6 heteroatoms. The third-order valence-electron chi connectivity index (χ3n) is 4.06. The highest BCUT2D eigenvalue weighted by molar-refractivity contribution is 6.34. The van der Waals surface area contributed by atoms with Gasteiger partial charge in [0.25, 0.3) is 17.7 Å². The van der Waals surface area contributed by atoms with Crippen molar-refractivity contribution in [2.45, 2.75) is 13.3 Å². The normalized spacial score (nSPS) is 16.7. The van der Waals surface area contributed by atoms with Gasteiger partial charge in [-0.25, -0.2) is 9.91 Å². The van der Waals surface area contributed by atoms with Crippen LogP contribution >= 0.6 is 0 Å². The van der Waals surface area contributed by atoms with E-state index in [0.29, 0.717) is 28.9 Å². The lowest BCUT2D eigenvalue weighted by atomic mass is 10.1. The van der Waals surface area contributed by atoms with Crippen LogP contribution in [0.2, 0.25) is 0 Å². The second-order valence-corrected chi connectivity index (χ2v) is 5.73. The summed E-state index contributed by atoms with van der Waals surface area (Å²) in [5.74, 6) is -0.773. The van der Waals surface area contributed by atoms with Gasteiger partial charge in [-0.1, -0.05) is 12.1 Å². The average Bonchev–Trinajstić information content (AvgIpc) is 3.05. The predicted octanol–water partition coefficient (Wildman–Crippen LogP) is 2.60. The van der Waals surface area contributed by atoms with Crippen molar-refractivity contribution in [1.82, 2.24) is 0 Å². The van der Waals surface area contributed by atoms with Crippen molar-refractivity contribution in [3.8, 4) is 0 Å². The van der Waals surface area contributed by atoms with Crippen LogP contribution in [-0.2, 0) is 4.79 Å². The van der Waals surface area contributed by atoms with Crippen molar-refractivity contribution in [2.75, 3.05) is 9.91 Å². The van der Waals surface area contributed by atoms with Gasteiger partial charge in [-0.3, -0.25) is 14.4 Å². The summed E-state index contributed by atoms with van der Waals surface area (Å²) in [6.07, 6.45) is 0.306. The Morgan fingerprint density at radius 2 is 1.38 bits per heavy atom. The quantitative estimate of drug-likeness (QED) is 0.799. The monoisotopic (exact) mass is 319 g/mol. The van der Waals surface area contributed by atoms with Crippen LogP contribution in [0.1, 0.15) is 34.1 Å². The Morgan fingerprint density at radius 3 is 1.88 bits per heavy atom. The van der Waals surface area contributed by atoms with Crippen LogP contribution in [0.15, 0.2) is 53.6 Å². The topological polar surface area (TPSA) is 70.0 Å². The van der Waals surface area contributed by atoms with E-state index in [4.69, 9.17) is 0 Å². The maximum atomic E-state index is 12.5. The van der Waals surface area contributed by atoms with Crippen molar-refractivity contribution in [2.24, 2.45) is 5.10 Å². The molecule has 2 aromatic carbocycles. The fourth-order valence-corrected chi connectivity index (χ4v) is 2.92. The lowest BCUT2D eigenvalue weighted by Gasteiger charge is -2.16. The highest BCUT2D eigenvalue weighted by atomic mass is 16.2. The number of hydrogen-bond donors (Lipinski definition) is 0. The number of hydrogen-bond acceptors (Lipinski definition) is 4. The van der Waals surface area contributed by atoms with E-state index in [1.807, 2.05) is 0 Å². The van der Waals surface area contributed by atoms with Crippen LogP contribution in [0.25, 0.3) is 0 Å². The zero-order valence-electron chi connectivity index (χ0n) is 12.9. The highest BCUT2D eigenvalue weighted by Gasteiger charge is 2.36. The molecule has 3 amide bonds. The number of rotatable bonds is 2. The van der Waals surface area contributed by atoms with Crippen molar-refractivity contribution >= 4 is 34.8 Å². The molecular weight excluding hydrogens is 306 g/mol. The average molecular weight is 319 g/mol. The molecule has 2 aromatic rings. The molecule has 0 aliphatic carbocycles. The molecule has 0 N–H and O–H groups in total. The molecule has 0 saturated carbocycles. The van der Waals surface area contributed by atoms with Crippen LogP contribution < -0.4 is 9.91 Å². The van der Waals surface area contributed by atoms with E-state index in [1.54, 1.807) is 55.5 Å². The Hall–Kier alpha value is -3.28. The van der Waals surface area contributed by atoms with E-state index in [1.165, 1.54) is 5.01 Å². The molecule has 0 spiro atoms. The van der Waals surface area contributed by atoms with Gasteiger partial charge in [-0.15, -0.1) is 0 Å². The van der Waals surface area contributed by atoms with Gasteiger partial charge >= 0.3 is 0 Å². The van der Waals surface area contributed by atoms with Crippen molar-refractivity contribution in [3.63, 3.8) is 0 Å². The number of imide groups is 1. The summed E-state index contributed by atoms with van der Waals surface area (Å²) >= 11 is 0. The van der Waals surface area contributed by atoms with E-state index in [0.717, 1.165) is 10.6 Å². The van der Waals surface area contributed by atoms with Gasteiger partial charge in [-0.05, 0) is 43.3 Å². The first-order chi connectivity index (χ1) is 11.6. The lowest BCUT2D eigenvalue weighted by molar-refractivity contribution is -0.116.